The number of hydrogen-bond donors (Lipinski definition) is 1. The van der Waals surface area contributed by atoms with Gasteiger partial charge in [0.2, 0.25) is 5.89 Å². The minimum Gasteiger partial charge on any atom is -0.338 e. The number of nitrogens with one attached hydrogen (secondary N) is 1. The average molecular weight is 310 g/mol. The third kappa shape index (κ3) is 3.29. The lowest BCUT2D eigenvalue weighted by Gasteiger charge is -2.22. The molecule has 0 amide bonds. The van der Waals surface area contributed by atoms with Gasteiger partial charge in [-0.2, -0.15) is 10.1 Å². The van der Waals surface area contributed by atoms with E-state index in [0.29, 0.717) is 24.9 Å². The van der Waals surface area contributed by atoms with Gasteiger partial charge >= 0.3 is 0 Å². The van der Waals surface area contributed by atoms with Crippen molar-refractivity contribution in [2.24, 2.45) is 0 Å². The van der Waals surface area contributed by atoms with Gasteiger partial charge in [-0.1, -0.05) is 35.5 Å². The molecule has 0 aliphatic carbocycles. The maximum absolute atomic E-state index is 5.32. The van der Waals surface area contributed by atoms with E-state index in [2.05, 4.69) is 37.7 Å². The topological polar surface area (TPSA) is 81.7 Å². The molecule has 0 fully saturated rings. The van der Waals surface area contributed by atoms with Crippen LogP contribution in [-0.4, -0.2) is 30.9 Å². The number of benzene rings is 1. The summed E-state index contributed by atoms with van der Waals surface area (Å²) in [7, 11) is 0. The lowest BCUT2D eigenvalue weighted by molar-refractivity contribution is 0.319. The van der Waals surface area contributed by atoms with Gasteiger partial charge in [0.15, 0.2) is 5.82 Å². The van der Waals surface area contributed by atoms with Crippen LogP contribution in [0.25, 0.3) is 0 Å². The summed E-state index contributed by atoms with van der Waals surface area (Å²) in [6.45, 7) is 1.41. The Bertz CT molecular complexity index is 766. The Kier molecular flexibility index (Phi) is 3.85. The van der Waals surface area contributed by atoms with Crippen molar-refractivity contribution in [2.45, 2.75) is 38.4 Å². The van der Waals surface area contributed by atoms with E-state index in [1.54, 1.807) is 6.33 Å². The lowest BCUT2D eigenvalue weighted by atomic mass is 10.1. The van der Waals surface area contributed by atoms with E-state index in [4.69, 9.17) is 4.52 Å². The largest absolute Gasteiger partial charge is 0.338 e. The third-order valence-electron chi connectivity index (χ3n) is 4.06. The van der Waals surface area contributed by atoms with Crippen molar-refractivity contribution in [1.29, 1.82) is 0 Å². The highest BCUT2D eigenvalue weighted by atomic mass is 16.5. The van der Waals surface area contributed by atoms with Crippen LogP contribution in [-0.2, 0) is 25.9 Å². The van der Waals surface area contributed by atoms with E-state index in [-0.39, 0.29) is 0 Å². The summed E-state index contributed by atoms with van der Waals surface area (Å²) in [5.41, 5.74) is 1.18. The van der Waals surface area contributed by atoms with E-state index in [1.165, 1.54) is 5.56 Å². The van der Waals surface area contributed by atoms with Gasteiger partial charge in [-0.15, -0.1) is 0 Å². The number of aryl methyl sites for hydroxylation is 1. The Hall–Kier alpha value is -2.54. The molecule has 1 N–H and O–H groups in total. The van der Waals surface area contributed by atoms with Crippen molar-refractivity contribution in [1.82, 2.24) is 30.2 Å². The van der Waals surface area contributed by atoms with Gasteiger partial charge in [-0.05, 0) is 12.0 Å². The van der Waals surface area contributed by atoms with E-state index in [1.807, 2.05) is 22.9 Å². The van der Waals surface area contributed by atoms with Gasteiger partial charge in [-0.25, -0.2) is 9.67 Å². The number of aromatic nitrogens is 5. The summed E-state index contributed by atoms with van der Waals surface area (Å²) in [6, 6.07) is 10.5. The van der Waals surface area contributed by atoms with Crippen molar-refractivity contribution >= 4 is 0 Å². The summed E-state index contributed by atoms with van der Waals surface area (Å²) in [5, 5.41) is 11.7. The van der Waals surface area contributed by atoms with Gasteiger partial charge in [0.25, 0.3) is 0 Å². The standard InChI is InChI=1S/C16H18N6O/c1-2-4-12(5-3-1)8-14-20-16(23-21-14)9-17-13-6-7-15-18-11-19-22(15)10-13/h1-5,11,13,17H,6-10H2/t13-/m1/s1. The van der Waals surface area contributed by atoms with Crippen LogP contribution >= 0.6 is 0 Å². The maximum Gasteiger partial charge on any atom is 0.240 e. The van der Waals surface area contributed by atoms with E-state index in [0.717, 1.165) is 31.0 Å². The highest BCUT2D eigenvalue weighted by Gasteiger charge is 2.20. The molecule has 3 aromatic rings. The molecule has 23 heavy (non-hydrogen) atoms. The first-order valence-electron chi connectivity index (χ1n) is 7.82. The maximum atomic E-state index is 5.32. The van der Waals surface area contributed by atoms with Gasteiger partial charge < -0.3 is 9.84 Å². The molecular weight excluding hydrogens is 292 g/mol. The molecule has 3 heterocycles. The fourth-order valence-corrected chi connectivity index (χ4v) is 2.85. The van der Waals surface area contributed by atoms with Crippen molar-refractivity contribution in [3.8, 4) is 0 Å². The zero-order valence-corrected chi connectivity index (χ0v) is 12.7. The fraction of sp³-hybridized carbons (Fsp3) is 0.375. The SMILES string of the molecule is c1ccc(Cc2noc(CN[C@@H]3CCc4ncnn4C3)n2)cc1. The van der Waals surface area contributed by atoms with Gasteiger partial charge in [-0.3, -0.25) is 0 Å². The third-order valence-corrected chi connectivity index (χ3v) is 4.06. The van der Waals surface area contributed by atoms with Crippen molar-refractivity contribution < 1.29 is 4.52 Å². The summed E-state index contributed by atoms with van der Waals surface area (Å²) in [6.07, 6.45) is 4.30. The minimum absolute atomic E-state index is 0.355. The fourth-order valence-electron chi connectivity index (χ4n) is 2.85. The van der Waals surface area contributed by atoms with E-state index in [9.17, 15) is 0 Å². The zero-order chi connectivity index (χ0) is 15.5. The van der Waals surface area contributed by atoms with Gasteiger partial charge in [0, 0.05) is 18.9 Å². The molecule has 0 spiro atoms. The number of fused-ring (bicyclic) bond motifs is 1. The van der Waals surface area contributed by atoms with Crippen LogP contribution < -0.4 is 5.32 Å². The Labute approximate surface area is 133 Å². The summed E-state index contributed by atoms with van der Waals surface area (Å²) >= 11 is 0. The molecule has 0 bridgehead atoms. The molecule has 118 valence electrons. The first-order valence-corrected chi connectivity index (χ1v) is 7.82. The van der Waals surface area contributed by atoms with Crippen LogP contribution in [0.2, 0.25) is 0 Å². The monoisotopic (exact) mass is 310 g/mol. The Morgan fingerprint density at radius 1 is 1.26 bits per heavy atom. The molecule has 4 rings (SSSR count). The number of hydrogen-bond acceptors (Lipinski definition) is 6. The first-order chi connectivity index (χ1) is 11.4. The van der Waals surface area contributed by atoms with Crippen molar-refractivity contribution in [3.63, 3.8) is 0 Å². The van der Waals surface area contributed by atoms with Crippen LogP contribution in [0.5, 0.6) is 0 Å². The quantitative estimate of drug-likeness (QED) is 0.766. The Morgan fingerprint density at radius 2 is 2.17 bits per heavy atom. The molecule has 7 heteroatoms. The number of rotatable bonds is 5. The van der Waals surface area contributed by atoms with E-state index >= 15 is 0 Å². The molecule has 1 atom stereocenters. The van der Waals surface area contributed by atoms with Crippen LogP contribution in [0.4, 0.5) is 0 Å². The lowest BCUT2D eigenvalue weighted by Crippen LogP contribution is -2.37. The molecule has 0 radical (unpaired) electrons. The second-order valence-electron chi connectivity index (χ2n) is 5.74. The van der Waals surface area contributed by atoms with Gasteiger partial charge in [0.1, 0.15) is 12.2 Å². The van der Waals surface area contributed by atoms with Crippen LogP contribution in [0.3, 0.4) is 0 Å². The predicted molar refractivity (Wildman–Crippen MR) is 82.5 cm³/mol. The smallest absolute Gasteiger partial charge is 0.240 e. The second kappa shape index (κ2) is 6.29. The Balaban J connectivity index is 1.32. The van der Waals surface area contributed by atoms with Crippen molar-refractivity contribution in [2.75, 3.05) is 0 Å². The summed E-state index contributed by atoms with van der Waals surface area (Å²) < 4.78 is 7.28. The highest BCUT2D eigenvalue weighted by molar-refractivity contribution is 5.18. The average Bonchev–Trinajstić information content (AvgIpc) is 3.22. The normalized spacial score (nSPS) is 17.1. The predicted octanol–water partition coefficient (Wildman–Crippen LogP) is 1.36. The first kappa shape index (κ1) is 14.1. The molecular formula is C16H18N6O. The van der Waals surface area contributed by atoms with Crippen LogP contribution in [0.1, 0.15) is 29.5 Å². The van der Waals surface area contributed by atoms with Crippen molar-refractivity contribution in [3.05, 3.63) is 59.8 Å². The minimum atomic E-state index is 0.355. The Morgan fingerprint density at radius 3 is 3.09 bits per heavy atom. The summed E-state index contributed by atoms with van der Waals surface area (Å²) in [5.74, 6) is 2.40. The molecule has 7 nitrogen and oxygen atoms in total. The number of nitrogens with zero attached hydrogens (tertiary/aromatic N) is 5. The highest BCUT2D eigenvalue weighted by Crippen LogP contribution is 2.12. The van der Waals surface area contributed by atoms with Gasteiger partial charge in [0.05, 0.1) is 13.1 Å². The van der Waals surface area contributed by atoms with Crippen LogP contribution in [0, 0.1) is 0 Å². The molecule has 1 aromatic carbocycles. The van der Waals surface area contributed by atoms with Crippen LogP contribution in [0.15, 0.2) is 41.2 Å². The second-order valence-corrected chi connectivity index (χ2v) is 5.74. The molecule has 0 saturated carbocycles. The summed E-state index contributed by atoms with van der Waals surface area (Å²) in [4.78, 5) is 8.69. The molecule has 1 aliphatic rings. The molecule has 2 aromatic heterocycles. The molecule has 1 aliphatic heterocycles. The molecule has 0 unspecified atom stereocenters. The zero-order valence-electron chi connectivity index (χ0n) is 12.7. The molecule has 0 saturated heterocycles. The van der Waals surface area contributed by atoms with E-state index < -0.39 is 0 Å².